The van der Waals surface area contributed by atoms with Crippen LogP contribution in [-0.2, 0) is 29.1 Å². The molecule has 0 fully saturated rings. The standard InChI is InChI=1S/C14H20N2O3.C13H17BrN2O3.C9H12N2O/c1-10-7-15-8-11-9-16(5-6-18-12(10)11)13(17)19-14(2,3)4;1-13(2,3)19-12(17)16-4-5-18-11-9(8-16)6-15-7-10(11)14;1-7-4-11-6-8-5-10-2-3-12-9(7)8/h7-8H,5-6,9H2,1-4H3;6-7H,4-5,8H2,1-3H3;4,6,10H,2-3,5H2,1H3. The Balaban J connectivity index is 0.000000173. The van der Waals surface area contributed by atoms with E-state index in [4.69, 9.17) is 23.7 Å². The highest BCUT2D eigenvalue weighted by molar-refractivity contribution is 9.10. The van der Waals surface area contributed by atoms with E-state index in [1.165, 1.54) is 0 Å². The molecule has 0 atom stereocenters. The van der Waals surface area contributed by atoms with Crippen LogP contribution in [0.15, 0.2) is 41.7 Å². The molecule has 0 saturated heterocycles. The smallest absolute Gasteiger partial charge is 0.410 e. The van der Waals surface area contributed by atoms with E-state index in [-0.39, 0.29) is 12.2 Å². The van der Waals surface area contributed by atoms with Crippen LogP contribution in [0, 0.1) is 13.8 Å². The van der Waals surface area contributed by atoms with E-state index < -0.39 is 11.2 Å². The number of fused-ring (bicyclic) bond motifs is 3. The number of aryl methyl sites for hydroxylation is 2. The Hall–Kier alpha value is -4.17. The Morgan fingerprint density at radius 2 is 1.12 bits per heavy atom. The highest BCUT2D eigenvalue weighted by Crippen LogP contribution is 2.31. The summed E-state index contributed by atoms with van der Waals surface area (Å²) < 4.78 is 28.5. The summed E-state index contributed by atoms with van der Waals surface area (Å²) in [5, 5.41) is 3.27. The fourth-order valence-electron chi connectivity index (χ4n) is 5.11. The van der Waals surface area contributed by atoms with Gasteiger partial charge in [-0.1, -0.05) is 0 Å². The molecule has 0 bridgehead atoms. The first kappa shape index (κ1) is 38.6. The van der Waals surface area contributed by atoms with Gasteiger partial charge in [0, 0.05) is 78.1 Å². The molecule has 0 spiro atoms. The number of halogens is 1. The molecule has 13 nitrogen and oxygen atoms in total. The van der Waals surface area contributed by atoms with Crippen molar-refractivity contribution in [1.29, 1.82) is 0 Å². The van der Waals surface area contributed by atoms with Crippen molar-refractivity contribution in [3.8, 4) is 17.2 Å². The fraction of sp³-hybridized carbons (Fsp3) is 0.528. The van der Waals surface area contributed by atoms with Gasteiger partial charge in [-0.15, -0.1) is 0 Å². The lowest BCUT2D eigenvalue weighted by Gasteiger charge is -2.25. The van der Waals surface area contributed by atoms with Crippen LogP contribution in [0.1, 0.15) is 69.4 Å². The first-order valence-corrected chi connectivity index (χ1v) is 17.4. The highest BCUT2D eigenvalue weighted by Gasteiger charge is 2.27. The van der Waals surface area contributed by atoms with Gasteiger partial charge >= 0.3 is 12.2 Å². The number of aromatic nitrogens is 3. The second-order valence-electron chi connectivity index (χ2n) is 14.0. The molecule has 3 aromatic heterocycles. The summed E-state index contributed by atoms with van der Waals surface area (Å²) >= 11 is 3.40. The highest BCUT2D eigenvalue weighted by atomic mass is 79.9. The minimum atomic E-state index is -0.497. The summed E-state index contributed by atoms with van der Waals surface area (Å²) in [5.74, 6) is 2.59. The van der Waals surface area contributed by atoms with Crippen LogP contribution in [-0.4, -0.2) is 87.6 Å². The number of amides is 2. The molecule has 14 heteroatoms. The average Bonchev–Trinajstić information content (AvgIpc) is 3.51. The summed E-state index contributed by atoms with van der Waals surface area (Å²) in [6.45, 7) is 20.5. The molecule has 6 rings (SSSR count). The third-order valence-electron chi connectivity index (χ3n) is 7.31. The first-order chi connectivity index (χ1) is 23.6. The molecule has 0 aromatic carbocycles. The maximum Gasteiger partial charge on any atom is 0.410 e. The van der Waals surface area contributed by atoms with Gasteiger partial charge in [0.25, 0.3) is 0 Å². The zero-order valence-electron chi connectivity index (χ0n) is 30.3. The first-order valence-electron chi connectivity index (χ1n) is 16.7. The van der Waals surface area contributed by atoms with Gasteiger partial charge in [0.1, 0.15) is 48.3 Å². The Morgan fingerprint density at radius 3 is 1.66 bits per heavy atom. The Kier molecular flexibility index (Phi) is 13.3. The molecule has 50 heavy (non-hydrogen) atoms. The third kappa shape index (κ3) is 11.4. The van der Waals surface area contributed by atoms with Crippen molar-refractivity contribution < 1.29 is 33.3 Å². The number of carbonyl (C=O) groups excluding carboxylic acids is 2. The zero-order chi connectivity index (χ0) is 36.5. The number of rotatable bonds is 0. The predicted molar refractivity (Wildman–Crippen MR) is 191 cm³/mol. The maximum atomic E-state index is 12.1. The van der Waals surface area contributed by atoms with E-state index in [0.717, 1.165) is 69.2 Å². The number of pyridine rings is 3. The number of hydrogen-bond donors (Lipinski definition) is 1. The van der Waals surface area contributed by atoms with Crippen LogP contribution in [0.2, 0.25) is 0 Å². The molecule has 272 valence electrons. The van der Waals surface area contributed by atoms with Crippen LogP contribution in [0.25, 0.3) is 0 Å². The second kappa shape index (κ2) is 17.2. The third-order valence-corrected chi connectivity index (χ3v) is 7.87. The van der Waals surface area contributed by atoms with Crippen molar-refractivity contribution in [3.63, 3.8) is 0 Å². The molecule has 6 heterocycles. The minimum absolute atomic E-state index is 0.314. The summed E-state index contributed by atoms with van der Waals surface area (Å²) in [5.41, 5.74) is 4.08. The number of nitrogens with zero attached hydrogens (tertiary/aromatic N) is 5. The van der Waals surface area contributed by atoms with Crippen molar-refractivity contribution in [2.24, 2.45) is 0 Å². The number of hydrogen-bond acceptors (Lipinski definition) is 11. The van der Waals surface area contributed by atoms with E-state index in [2.05, 4.69) is 36.2 Å². The van der Waals surface area contributed by atoms with Gasteiger partial charge in [-0.2, -0.15) is 0 Å². The van der Waals surface area contributed by atoms with Gasteiger partial charge < -0.3 is 38.8 Å². The molecule has 0 unspecified atom stereocenters. The van der Waals surface area contributed by atoms with E-state index in [9.17, 15) is 9.59 Å². The molecule has 1 N–H and O–H groups in total. The molecule has 3 aromatic rings. The Bertz CT molecular complexity index is 1540. The van der Waals surface area contributed by atoms with E-state index in [1.807, 2.05) is 67.8 Å². The van der Waals surface area contributed by atoms with Crippen LogP contribution < -0.4 is 19.5 Å². The summed E-state index contributed by atoms with van der Waals surface area (Å²) in [7, 11) is 0. The lowest BCUT2D eigenvalue weighted by molar-refractivity contribution is 0.0216. The van der Waals surface area contributed by atoms with Crippen molar-refractivity contribution in [1.82, 2.24) is 30.1 Å². The van der Waals surface area contributed by atoms with Gasteiger partial charge in [0.05, 0.1) is 30.7 Å². The number of carbonyl (C=O) groups is 2. The molecule has 0 radical (unpaired) electrons. The zero-order valence-corrected chi connectivity index (χ0v) is 31.9. The predicted octanol–water partition coefficient (Wildman–Crippen LogP) is 6.37. The van der Waals surface area contributed by atoms with Crippen LogP contribution in [0.4, 0.5) is 9.59 Å². The largest absolute Gasteiger partial charge is 0.492 e. The van der Waals surface area contributed by atoms with Crippen LogP contribution in [0.5, 0.6) is 17.2 Å². The average molecular weight is 758 g/mol. The summed E-state index contributed by atoms with van der Waals surface area (Å²) in [6, 6.07) is 0. The molecule has 3 aliphatic rings. The van der Waals surface area contributed by atoms with Crippen molar-refractivity contribution in [2.45, 2.75) is 86.2 Å². The van der Waals surface area contributed by atoms with Crippen LogP contribution in [0.3, 0.4) is 0 Å². The normalized spacial score (nSPS) is 15.5. The van der Waals surface area contributed by atoms with E-state index in [0.29, 0.717) is 39.4 Å². The lowest BCUT2D eigenvalue weighted by atomic mass is 10.2. The van der Waals surface area contributed by atoms with Gasteiger partial charge in [-0.3, -0.25) is 15.0 Å². The summed E-state index contributed by atoms with van der Waals surface area (Å²) in [6.07, 6.45) is 9.96. The molecular formula is C36H49BrN6O7. The van der Waals surface area contributed by atoms with Gasteiger partial charge in [-0.05, 0) is 71.3 Å². The Morgan fingerprint density at radius 1 is 0.680 bits per heavy atom. The van der Waals surface area contributed by atoms with Crippen molar-refractivity contribution >= 4 is 28.1 Å². The lowest BCUT2D eigenvalue weighted by Crippen LogP contribution is -2.37. The fourth-order valence-corrected chi connectivity index (χ4v) is 5.59. The van der Waals surface area contributed by atoms with Gasteiger partial charge in [0.15, 0.2) is 0 Å². The van der Waals surface area contributed by atoms with Gasteiger partial charge in [-0.25, -0.2) is 9.59 Å². The molecule has 3 aliphatic heterocycles. The van der Waals surface area contributed by atoms with E-state index >= 15 is 0 Å². The molecule has 0 aliphatic carbocycles. The molecular weight excluding hydrogens is 708 g/mol. The number of nitrogens with one attached hydrogen (secondary N) is 1. The van der Waals surface area contributed by atoms with E-state index in [1.54, 1.807) is 34.6 Å². The van der Waals surface area contributed by atoms with Crippen molar-refractivity contribution in [2.75, 3.05) is 39.5 Å². The second-order valence-corrected chi connectivity index (χ2v) is 14.9. The minimum Gasteiger partial charge on any atom is -0.492 e. The molecule has 0 saturated carbocycles. The SMILES string of the molecule is CC(C)(C)OC(=O)N1CCOc2c(Br)cncc2C1.Cc1cncc2c1OCCN(C(=O)OC(C)(C)C)C2.Cc1cncc2c1OCCNC2. The topological polar surface area (TPSA) is 137 Å². The van der Waals surface area contributed by atoms with Crippen molar-refractivity contribution in [3.05, 3.63) is 69.5 Å². The molecule has 2 amide bonds. The van der Waals surface area contributed by atoms with Gasteiger partial charge in [0.2, 0.25) is 0 Å². The quantitative estimate of drug-likeness (QED) is 0.274. The monoisotopic (exact) mass is 756 g/mol. The maximum absolute atomic E-state index is 12.1. The summed E-state index contributed by atoms with van der Waals surface area (Å²) in [4.78, 5) is 39.8. The number of ether oxygens (including phenoxy) is 5. The Labute approximate surface area is 303 Å². The van der Waals surface area contributed by atoms with Crippen LogP contribution >= 0.6 is 15.9 Å².